The third-order valence-corrected chi connectivity index (χ3v) is 1.46. The quantitative estimate of drug-likeness (QED) is 0.536. The molecule has 2 nitrogen and oxygen atoms in total. The lowest BCUT2D eigenvalue weighted by Gasteiger charge is -2.06. The molecule has 1 aliphatic rings. The molecule has 4 heteroatoms. The molecule has 0 spiro atoms. The average molecular weight is 136 g/mol. The fourth-order valence-corrected chi connectivity index (χ4v) is 0.920. The molecular formula is C5H10F2N2. The first-order chi connectivity index (χ1) is 4.14. The summed E-state index contributed by atoms with van der Waals surface area (Å²) in [6.07, 6.45) is -0.302. The Morgan fingerprint density at radius 1 is 1.67 bits per heavy atom. The molecule has 1 rings (SSSR count). The van der Waals surface area contributed by atoms with E-state index in [1.165, 1.54) is 0 Å². The Kier molecular flexibility index (Phi) is 1.68. The van der Waals surface area contributed by atoms with Crippen LogP contribution >= 0.6 is 0 Å². The van der Waals surface area contributed by atoms with Gasteiger partial charge in [0.15, 0.2) is 0 Å². The first kappa shape index (κ1) is 6.89. The molecule has 1 heterocycles. The van der Waals surface area contributed by atoms with Crippen LogP contribution in [0.4, 0.5) is 8.78 Å². The minimum Gasteiger partial charge on any atom is -0.305 e. The number of hydrogen-bond acceptors (Lipinski definition) is 2. The maximum Gasteiger partial charge on any atom is 0.263 e. The summed E-state index contributed by atoms with van der Waals surface area (Å²) < 4.78 is 24.6. The molecular weight excluding hydrogens is 126 g/mol. The summed E-state index contributed by atoms with van der Waals surface area (Å²) in [5.74, 6) is -2.51. The van der Waals surface area contributed by atoms with Gasteiger partial charge in [0.25, 0.3) is 5.92 Å². The molecule has 0 saturated carbocycles. The molecule has 0 aromatic carbocycles. The molecule has 9 heavy (non-hydrogen) atoms. The molecule has 1 fully saturated rings. The van der Waals surface area contributed by atoms with Gasteiger partial charge in [0.1, 0.15) is 0 Å². The maximum absolute atomic E-state index is 12.3. The third kappa shape index (κ3) is 1.59. The molecule has 0 aromatic rings. The molecule has 1 atom stereocenters. The van der Waals surface area contributed by atoms with Crippen molar-refractivity contribution in [1.82, 2.24) is 10.6 Å². The van der Waals surface area contributed by atoms with Crippen LogP contribution in [-0.4, -0.2) is 25.7 Å². The van der Waals surface area contributed by atoms with Crippen LogP contribution in [0.1, 0.15) is 6.42 Å². The van der Waals surface area contributed by atoms with Gasteiger partial charge in [-0.15, -0.1) is 0 Å². The minimum atomic E-state index is -2.51. The van der Waals surface area contributed by atoms with E-state index >= 15 is 0 Å². The number of hydrogen-bond donors (Lipinski definition) is 2. The zero-order chi connectivity index (χ0) is 6.91. The molecule has 54 valence electrons. The van der Waals surface area contributed by atoms with E-state index in [0.717, 1.165) is 0 Å². The Morgan fingerprint density at radius 2 is 2.33 bits per heavy atom. The van der Waals surface area contributed by atoms with Crippen LogP contribution in [0.3, 0.4) is 0 Å². The smallest absolute Gasteiger partial charge is 0.263 e. The van der Waals surface area contributed by atoms with E-state index in [2.05, 4.69) is 10.6 Å². The second-order valence-corrected chi connectivity index (χ2v) is 2.28. The van der Waals surface area contributed by atoms with Crippen molar-refractivity contribution in [2.75, 3.05) is 13.6 Å². The summed E-state index contributed by atoms with van der Waals surface area (Å²) in [7, 11) is 1.67. The van der Waals surface area contributed by atoms with Gasteiger partial charge in [0.05, 0.1) is 12.7 Å². The van der Waals surface area contributed by atoms with Gasteiger partial charge in [-0.2, -0.15) is 0 Å². The lowest BCUT2D eigenvalue weighted by molar-refractivity contribution is 0.0203. The lowest BCUT2D eigenvalue weighted by atomic mass is 10.3. The van der Waals surface area contributed by atoms with Crippen molar-refractivity contribution in [2.45, 2.75) is 18.5 Å². The van der Waals surface area contributed by atoms with Crippen molar-refractivity contribution < 1.29 is 8.78 Å². The molecule has 0 bridgehead atoms. The molecule has 0 aliphatic carbocycles. The van der Waals surface area contributed by atoms with Crippen LogP contribution in [0.15, 0.2) is 0 Å². The van der Waals surface area contributed by atoms with E-state index in [0.29, 0.717) is 0 Å². The van der Waals surface area contributed by atoms with Crippen molar-refractivity contribution in [2.24, 2.45) is 0 Å². The van der Waals surface area contributed by atoms with Gasteiger partial charge in [-0.25, -0.2) is 8.78 Å². The largest absolute Gasteiger partial charge is 0.305 e. The Balaban J connectivity index is 2.38. The Morgan fingerprint density at radius 3 is 2.56 bits per heavy atom. The summed E-state index contributed by atoms with van der Waals surface area (Å²) >= 11 is 0. The highest BCUT2D eigenvalue weighted by Crippen LogP contribution is 2.23. The highest BCUT2D eigenvalue weighted by atomic mass is 19.3. The van der Waals surface area contributed by atoms with Gasteiger partial charge >= 0.3 is 0 Å². The van der Waals surface area contributed by atoms with Gasteiger partial charge in [0, 0.05) is 6.42 Å². The van der Waals surface area contributed by atoms with E-state index in [1.54, 1.807) is 7.05 Å². The summed E-state index contributed by atoms with van der Waals surface area (Å²) in [5.41, 5.74) is 0. The van der Waals surface area contributed by atoms with Crippen molar-refractivity contribution >= 4 is 0 Å². The molecule has 0 radical (unpaired) electrons. The molecule has 1 unspecified atom stereocenters. The van der Waals surface area contributed by atoms with E-state index in [1.807, 2.05) is 0 Å². The van der Waals surface area contributed by atoms with Crippen LogP contribution in [0.25, 0.3) is 0 Å². The monoisotopic (exact) mass is 136 g/mol. The number of rotatable bonds is 1. The summed E-state index contributed by atoms with van der Waals surface area (Å²) in [5, 5.41) is 5.36. The molecule has 1 aliphatic heterocycles. The first-order valence-electron chi connectivity index (χ1n) is 2.92. The van der Waals surface area contributed by atoms with Crippen LogP contribution in [0, 0.1) is 0 Å². The van der Waals surface area contributed by atoms with Crippen LogP contribution in [0.2, 0.25) is 0 Å². The van der Waals surface area contributed by atoms with Gasteiger partial charge in [-0.05, 0) is 7.05 Å². The fraction of sp³-hybridized carbons (Fsp3) is 1.00. The van der Waals surface area contributed by atoms with Gasteiger partial charge in [-0.3, -0.25) is 5.32 Å². The van der Waals surface area contributed by atoms with Crippen molar-refractivity contribution in [1.29, 1.82) is 0 Å². The van der Waals surface area contributed by atoms with E-state index in [4.69, 9.17) is 0 Å². The molecule has 2 N–H and O–H groups in total. The maximum atomic E-state index is 12.3. The second-order valence-electron chi connectivity index (χ2n) is 2.28. The fourth-order valence-electron chi connectivity index (χ4n) is 0.920. The van der Waals surface area contributed by atoms with Gasteiger partial charge < -0.3 is 5.32 Å². The van der Waals surface area contributed by atoms with Crippen molar-refractivity contribution in [3.05, 3.63) is 0 Å². The van der Waals surface area contributed by atoms with Crippen LogP contribution in [0.5, 0.6) is 0 Å². The van der Waals surface area contributed by atoms with Crippen LogP contribution in [-0.2, 0) is 0 Å². The lowest BCUT2D eigenvalue weighted by Crippen LogP contribution is -2.34. The predicted octanol–water partition coefficient (Wildman–Crippen LogP) is 0.160. The van der Waals surface area contributed by atoms with E-state index in [-0.39, 0.29) is 19.1 Å². The Labute approximate surface area is 52.6 Å². The van der Waals surface area contributed by atoms with Gasteiger partial charge in [-0.1, -0.05) is 0 Å². The molecule has 0 aromatic heterocycles. The highest BCUT2D eigenvalue weighted by molar-refractivity contribution is 4.84. The highest BCUT2D eigenvalue weighted by Gasteiger charge is 2.38. The zero-order valence-electron chi connectivity index (χ0n) is 5.25. The minimum absolute atomic E-state index is 0.0938. The SMILES string of the molecule is CNC1CC(F)(F)CN1. The Bertz CT molecular complexity index is 105. The summed E-state index contributed by atoms with van der Waals surface area (Å²) in [6, 6.07) is 0. The number of nitrogens with one attached hydrogen (secondary N) is 2. The number of halogens is 2. The average Bonchev–Trinajstić information content (AvgIpc) is 2.10. The summed E-state index contributed by atoms with van der Waals surface area (Å²) in [6.45, 7) is -0.196. The summed E-state index contributed by atoms with van der Waals surface area (Å²) in [4.78, 5) is 0. The van der Waals surface area contributed by atoms with Crippen molar-refractivity contribution in [3.63, 3.8) is 0 Å². The van der Waals surface area contributed by atoms with E-state index < -0.39 is 5.92 Å². The second kappa shape index (κ2) is 2.19. The van der Waals surface area contributed by atoms with Crippen molar-refractivity contribution in [3.8, 4) is 0 Å². The standard InChI is InChI=1S/C5H10F2N2/c1-8-4-2-5(6,7)3-9-4/h4,8-9H,2-3H2,1H3. The van der Waals surface area contributed by atoms with Gasteiger partial charge in [0.2, 0.25) is 0 Å². The molecule has 0 amide bonds. The first-order valence-corrected chi connectivity index (χ1v) is 2.92. The number of alkyl halides is 2. The predicted molar refractivity (Wildman–Crippen MR) is 30.4 cm³/mol. The molecule has 1 saturated heterocycles. The Hall–Kier alpha value is -0.220. The third-order valence-electron chi connectivity index (χ3n) is 1.46. The topological polar surface area (TPSA) is 24.1 Å². The zero-order valence-corrected chi connectivity index (χ0v) is 5.25. The van der Waals surface area contributed by atoms with Crippen LogP contribution < -0.4 is 10.6 Å². The normalized spacial score (nSPS) is 33.0. The van der Waals surface area contributed by atoms with E-state index in [9.17, 15) is 8.78 Å².